The lowest BCUT2D eigenvalue weighted by Gasteiger charge is -2.39. The largest absolute Gasteiger partial charge is 0.394 e. The Kier molecular flexibility index (Phi) is 4.37. The smallest absolute Gasteiger partial charge is 0.0628 e. The van der Waals surface area contributed by atoms with E-state index in [9.17, 15) is 5.11 Å². The van der Waals surface area contributed by atoms with Crippen LogP contribution in [-0.4, -0.2) is 23.2 Å². The maximum absolute atomic E-state index is 9.90. The first-order valence-electron chi connectivity index (χ1n) is 7.81. The average molecular weight is 281 g/mol. The van der Waals surface area contributed by atoms with Crippen LogP contribution in [0.3, 0.4) is 0 Å². The van der Waals surface area contributed by atoms with Gasteiger partial charge in [-0.25, -0.2) is 0 Å². The van der Waals surface area contributed by atoms with Crippen LogP contribution in [0.1, 0.15) is 42.0 Å². The van der Waals surface area contributed by atoms with Crippen LogP contribution >= 0.6 is 0 Å². The minimum Gasteiger partial charge on any atom is -0.394 e. The summed E-state index contributed by atoms with van der Waals surface area (Å²) in [6.07, 6.45) is 1.14. The van der Waals surface area contributed by atoms with Crippen molar-refractivity contribution in [3.8, 4) is 0 Å². The number of fused-ring (bicyclic) bond motifs is 1. The van der Waals surface area contributed by atoms with Gasteiger partial charge in [-0.3, -0.25) is 4.90 Å². The molecule has 0 amide bonds. The molecule has 0 saturated carbocycles. The third kappa shape index (κ3) is 2.87. The quantitative estimate of drug-likeness (QED) is 0.923. The third-order valence-corrected chi connectivity index (χ3v) is 4.61. The number of hydrogen-bond acceptors (Lipinski definition) is 2. The number of aliphatic hydroxyl groups is 1. The van der Waals surface area contributed by atoms with Gasteiger partial charge >= 0.3 is 0 Å². The molecule has 110 valence electrons. The molecule has 1 heterocycles. The van der Waals surface area contributed by atoms with Crippen LogP contribution in [0.25, 0.3) is 0 Å². The molecule has 21 heavy (non-hydrogen) atoms. The minimum absolute atomic E-state index is 0.0913. The van der Waals surface area contributed by atoms with E-state index in [1.54, 1.807) is 0 Å². The topological polar surface area (TPSA) is 23.5 Å². The number of benzene rings is 2. The second-order valence-corrected chi connectivity index (χ2v) is 5.84. The summed E-state index contributed by atoms with van der Waals surface area (Å²) in [5.74, 6) is 0.563. The van der Waals surface area contributed by atoms with Crippen LogP contribution in [0.15, 0.2) is 54.6 Å². The van der Waals surface area contributed by atoms with Crippen molar-refractivity contribution in [1.29, 1.82) is 0 Å². The van der Waals surface area contributed by atoms with Gasteiger partial charge in [0.15, 0.2) is 0 Å². The normalized spacial score (nSPS) is 20.0. The summed E-state index contributed by atoms with van der Waals surface area (Å²) in [5, 5.41) is 9.90. The molecule has 2 atom stereocenters. The Morgan fingerprint density at radius 1 is 1.10 bits per heavy atom. The highest BCUT2D eigenvalue weighted by Crippen LogP contribution is 2.34. The van der Waals surface area contributed by atoms with Gasteiger partial charge in [0.1, 0.15) is 0 Å². The first kappa shape index (κ1) is 14.3. The van der Waals surface area contributed by atoms with Crippen molar-refractivity contribution in [3.63, 3.8) is 0 Å². The van der Waals surface area contributed by atoms with Crippen LogP contribution in [0.5, 0.6) is 0 Å². The fourth-order valence-corrected chi connectivity index (χ4v) is 3.43. The highest BCUT2D eigenvalue weighted by molar-refractivity contribution is 5.33. The average Bonchev–Trinajstić information content (AvgIpc) is 2.56. The van der Waals surface area contributed by atoms with Crippen LogP contribution in [0, 0.1) is 0 Å². The van der Waals surface area contributed by atoms with Gasteiger partial charge in [-0.2, -0.15) is 0 Å². The molecule has 0 radical (unpaired) electrons. The van der Waals surface area contributed by atoms with Gasteiger partial charge in [0.2, 0.25) is 0 Å². The molecule has 2 aromatic carbocycles. The highest BCUT2D eigenvalue weighted by Gasteiger charge is 2.28. The fraction of sp³-hybridized carbons (Fsp3) is 0.368. The van der Waals surface area contributed by atoms with E-state index in [-0.39, 0.29) is 12.6 Å². The van der Waals surface area contributed by atoms with Crippen molar-refractivity contribution in [2.45, 2.75) is 31.8 Å². The van der Waals surface area contributed by atoms with Gasteiger partial charge in [0.25, 0.3) is 0 Å². The molecule has 0 bridgehead atoms. The van der Waals surface area contributed by atoms with Crippen LogP contribution in [0.2, 0.25) is 0 Å². The molecule has 0 spiro atoms. The lowest BCUT2D eigenvalue weighted by atomic mass is 9.86. The molecule has 0 saturated heterocycles. The number of rotatable bonds is 4. The lowest BCUT2D eigenvalue weighted by molar-refractivity contribution is 0.101. The van der Waals surface area contributed by atoms with Crippen LogP contribution < -0.4 is 0 Å². The summed E-state index contributed by atoms with van der Waals surface area (Å²) >= 11 is 0. The van der Waals surface area contributed by atoms with E-state index in [1.165, 1.54) is 16.7 Å². The molecule has 2 heteroatoms. The summed E-state index contributed by atoms with van der Waals surface area (Å²) in [4.78, 5) is 2.42. The van der Waals surface area contributed by atoms with Gasteiger partial charge in [-0.05, 0) is 29.0 Å². The molecule has 2 aromatic rings. The van der Waals surface area contributed by atoms with E-state index in [0.29, 0.717) is 5.92 Å². The first-order chi connectivity index (χ1) is 10.3. The molecule has 0 fully saturated rings. The second-order valence-electron chi connectivity index (χ2n) is 5.84. The Labute approximate surface area is 127 Å². The molecule has 0 aromatic heterocycles. The van der Waals surface area contributed by atoms with Gasteiger partial charge in [-0.15, -0.1) is 0 Å². The molecule has 1 N–H and O–H groups in total. The number of aliphatic hydroxyl groups excluding tert-OH is 1. The SMILES string of the molecule is CC[C@H]1CN([C@@H](CO)c2ccccc2)Cc2ccccc21. The van der Waals surface area contributed by atoms with E-state index < -0.39 is 0 Å². The molecule has 1 aliphatic heterocycles. The minimum atomic E-state index is 0.0913. The number of hydrogen-bond donors (Lipinski definition) is 1. The first-order valence-corrected chi connectivity index (χ1v) is 7.81. The van der Waals surface area contributed by atoms with Crippen molar-refractivity contribution >= 4 is 0 Å². The Hall–Kier alpha value is -1.64. The Balaban J connectivity index is 1.90. The predicted octanol–water partition coefficient (Wildman–Crippen LogP) is 3.73. The molecule has 3 rings (SSSR count). The monoisotopic (exact) mass is 281 g/mol. The van der Waals surface area contributed by atoms with Crippen LogP contribution in [0.4, 0.5) is 0 Å². The van der Waals surface area contributed by atoms with E-state index in [1.807, 2.05) is 18.2 Å². The van der Waals surface area contributed by atoms with Crippen molar-refractivity contribution in [1.82, 2.24) is 4.90 Å². The molecule has 0 aliphatic carbocycles. The molecule has 0 unspecified atom stereocenters. The summed E-state index contributed by atoms with van der Waals surface area (Å²) in [5.41, 5.74) is 4.10. The van der Waals surface area contributed by atoms with Gasteiger partial charge in [-0.1, -0.05) is 61.5 Å². The zero-order valence-corrected chi connectivity index (χ0v) is 12.6. The van der Waals surface area contributed by atoms with Gasteiger partial charge in [0, 0.05) is 13.1 Å². The Bertz CT molecular complexity index is 581. The predicted molar refractivity (Wildman–Crippen MR) is 86.2 cm³/mol. The van der Waals surface area contributed by atoms with Crippen molar-refractivity contribution in [2.24, 2.45) is 0 Å². The Morgan fingerprint density at radius 2 is 1.81 bits per heavy atom. The zero-order chi connectivity index (χ0) is 14.7. The second kappa shape index (κ2) is 6.42. The van der Waals surface area contributed by atoms with Gasteiger partial charge in [0.05, 0.1) is 12.6 Å². The molecular weight excluding hydrogens is 258 g/mol. The van der Waals surface area contributed by atoms with E-state index in [0.717, 1.165) is 19.5 Å². The molecule has 2 nitrogen and oxygen atoms in total. The maximum atomic E-state index is 9.90. The lowest BCUT2D eigenvalue weighted by Crippen LogP contribution is -2.38. The summed E-state index contributed by atoms with van der Waals surface area (Å²) in [6, 6.07) is 19.2. The fourth-order valence-electron chi connectivity index (χ4n) is 3.43. The van der Waals surface area contributed by atoms with Crippen molar-refractivity contribution in [2.75, 3.05) is 13.2 Å². The zero-order valence-electron chi connectivity index (χ0n) is 12.6. The maximum Gasteiger partial charge on any atom is 0.0628 e. The van der Waals surface area contributed by atoms with Crippen molar-refractivity contribution in [3.05, 3.63) is 71.3 Å². The molecule has 1 aliphatic rings. The van der Waals surface area contributed by atoms with Crippen LogP contribution in [-0.2, 0) is 6.54 Å². The highest BCUT2D eigenvalue weighted by atomic mass is 16.3. The van der Waals surface area contributed by atoms with Gasteiger partial charge < -0.3 is 5.11 Å². The number of nitrogens with zero attached hydrogens (tertiary/aromatic N) is 1. The van der Waals surface area contributed by atoms with Crippen molar-refractivity contribution < 1.29 is 5.11 Å². The third-order valence-electron chi connectivity index (χ3n) is 4.61. The summed E-state index contributed by atoms with van der Waals surface area (Å²) in [7, 11) is 0. The molecular formula is C19H23NO. The van der Waals surface area contributed by atoms with E-state index in [4.69, 9.17) is 0 Å². The summed E-state index contributed by atoms with van der Waals surface area (Å²) < 4.78 is 0. The van der Waals surface area contributed by atoms with E-state index in [2.05, 4.69) is 48.2 Å². The standard InChI is InChI=1S/C19H23NO/c1-2-15-12-20(13-17-10-6-7-11-18(15)17)19(14-21)16-8-4-3-5-9-16/h3-11,15,19,21H,2,12-14H2,1H3/t15-,19-/m0/s1. The summed E-state index contributed by atoms with van der Waals surface area (Å²) in [6.45, 7) is 4.37. The Morgan fingerprint density at radius 3 is 2.52 bits per heavy atom. The van der Waals surface area contributed by atoms with E-state index >= 15 is 0 Å².